The molecule has 0 fully saturated rings. The van der Waals surface area contributed by atoms with Gasteiger partial charge in [-0.15, -0.1) is 0 Å². The highest BCUT2D eigenvalue weighted by atomic mass is 14.3. The first kappa shape index (κ1) is 8.80. The predicted molar refractivity (Wildman–Crippen MR) is 49.7 cm³/mol. The van der Waals surface area contributed by atoms with Crippen molar-refractivity contribution in [1.82, 2.24) is 0 Å². The highest BCUT2D eigenvalue weighted by Gasteiger charge is 2.07. The van der Waals surface area contributed by atoms with Crippen LogP contribution in [0.4, 0.5) is 0 Å². The number of hydrogen-bond acceptors (Lipinski definition) is 1. The minimum Gasteiger partial charge on any atom is -0.192 e. The average Bonchev–Trinajstić information content (AvgIpc) is 2.03. The van der Waals surface area contributed by atoms with Crippen LogP contribution in [0.25, 0.3) is 0 Å². The fourth-order valence-corrected chi connectivity index (χ4v) is 1.25. The Kier molecular flexibility index (Phi) is 2.50. The molecule has 0 aromatic heterocycles. The van der Waals surface area contributed by atoms with E-state index in [1.165, 1.54) is 0 Å². The average molecular weight is 158 g/mol. The Morgan fingerprint density at radius 2 is 2.17 bits per heavy atom. The number of benzene rings is 1. The maximum absolute atomic E-state index is 8.87. The number of nitriles is 1. The lowest BCUT2D eigenvalue weighted by molar-refractivity contribution is 0.954. The summed E-state index contributed by atoms with van der Waals surface area (Å²) in [7, 11) is 0. The zero-order chi connectivity index (χ0) is 9.14. The molecule has 0 spiro atoms. The molecule has 1 aromatic carbocycles. The van der Waals surface area contributed by atoms with Gasteiger partial charge in [0, 0.05) is 0 Å². The molecule has 1 radical (unpaired) electrons. The molecule has 0 N–H and O–H groups in total. The Labute approximate surface area is 73.6 Å². The van der Waals surface area contributed by atoms with Crippen molar-refractivity contribution in [3.8, 4) is 6.07 Å². The van der Waals surface area contributed by atoms with E-state index in [-0.39, 0.29) is 5.92 Å². The summed E-state index contributed by atoms with van der Waals surface area (Å²) in [5.74, 6) is 0.180. The second-order valence-electron chi connectivity index (χ2n) is 3.05. The molecule has 0 saturated heterocycles. The lowest BCUT2D eigenvalue weighted by atomic mass is 9.95. The first-order valence-corrected chi connectivity index (χ1v) is 3.99. The summed E-state index contributed by atoms with van der Waals surface area (Å²) in [5, 5.41) is 8.87. The van der Waals surface area contributed by atoms with Crippen molar-refractivity contribution in [1.29, 1.82) is 5.26 Å². The van der Waals surface area contributed by atoms with Crippen LogP contribution in [0.15, 0.2) is 18.2 Å². The van der Waals surface area contributed by atoms with E-state index >= 15 is 0 Å². The molecular weight excluding hydrogens is 146 g/mol. The summed E-state index contributed by atoms with van der Waals surface area (Å²) in [6, 6.07) is 8.08. The number of aryl methyl sites for hydroxylation is 1. The standard InChI is InChI=1S/C11H12N/c1-8(2)10-6-4-5-9(3)11(10)7-12/h4-6,8H,1H2,2-3H3. The van der Waals surface area contributed by atoms with Crippen molar-refractivity contribution < 1.29 is 0 Å². The minimum absolute atomic E-state index is 0.180. The summed E-state index contributed by atoms with van der Waals surface area (Å²) < 4.78 is 0. The predicted octanol–water partition coefficient (Wildman–Crippen LogP) is 2.80. The van der Waals surface area contributed by atoms with E-state index in [1.807, 2.05) is 32.0 Å². The monoisotopic (exact) mass is 158 g/mol. The van der Waals surface area contributed by atoms with Crippen LogP contribution in [-0.2, 0) is 0 Å². The first-order chi connectivity index (χ1) is 5.66. The number of hydrogen-bond donors (Lipinski definition) is 0. The molecule has 0 aliphatic carbocycles. The second-order valence-corrected chi connectivity index (χ2v) is 3.05. The van der Waals surface area contributed by atoms with E-state index < -0.39 is 0 Å². The van der Waals surface area contributed by atoms with Crippen molar-refractivity contribution in [2.45, 2.75) is 19.8 Å². The Morgan fingerprint density at radius 3 is 2.58 bits per heavy atom. The van der Waals surface area contributed by atoms with Gasteiger partial charge in [-0.25, -0.2) is 0 Å². The molecule has 12 heavy (non-hydrogen) atoms. The zero-order valence-corrected chi connectivity index (χ0v) is 7.46. The van der Waals surface area contributed by atoms with E-state index in [9.17, 15) is 0 Å². The highest BCUT2D eigenvalue weighted by molar-refractivity contribution is 5.45. The van der Waals surface area contributed by atoms with Crippen LogP contribution in [-0.4, -0.2) is 0 Å². The van der Waals surface area contributed by atoms with Gasteiger partial charge in [0.25, 0.3) is 0 Å². The molecular formula is C11H12N. The first-order valence-electron chi connectivity index (χ1n) is 3.99. The Morgan fingerprint density at radius 1 is 1.50 bits per heavy atom. The molecule has 0 heterocycles. The maximum atomic E-state index is 8.87. The van der Waals surface area contributed by atoms with Crippen LogP contribution < -0.4 is 0 Å². The molecule has 1 nitrogen and oxygen atoms in total. The van der Waals surface area contributed by atoms with Gasteiger partial charge in [-0.3, -0.25) is 0 Å². The third-order valence-corrected chi connectivity index (χ3v) is 1.95. The van der Waals surface area contributed by atoms with Crippen LogP contribution >= 0.6 is 0 Å². The summed E-state index contributed by atoms with van der Waals surface area (Å²) in [6.07, 6.45) is 0. The van der Waals surface area contributed by atoms with Gasteiger partial charge < -0.3 is 0 Å². The van der Waals surface area contributed by atoms with Gasteiger partial charge in [0.05, 0.1) is 11.6 Å². The van der Waals surface area contributed by atoms with Gasteiger partial charge in [0.15, 0.2) is 0 Å². The third-order valence-electron chi connectivity index (χ3n) is 1.95. The van der Waals surface area contributed by atoms with Gasteiger partial charge >= 0.3 is 0 Å². The quantitative estimate of drug-likeness (QED) is 0.616. The van der Waals surface area contributed by atoms with E-state index in [2.05, 4.69) is 13.0 Å². The Bertz CT molecular complexity index is 318. The molecule has 0 bridgehead atoms. The van der Waals surface area contributed by atoms with E-state index in [0.717, 1.165) is 16.7 Å². The topological polar surface area (TPSA) is 23.8 Å². The Hall–Kier alpha value is -1.29. The highest BCUT2D eigenvalue weighted by Crippen LogP contribution is 2.20. The van der Waals surface area contributed by atoms with Crippen molar-refractivity contribution in [2.24, 2.45) is 0 Å². The summed E-state index contributed by atoms with van der Waals surface area (Å²) >= 11 is 0. The molecule has 61 valence electrons. The second kappa shape index (κ2) is 3.40. The van der Waals surface area contributed by atoms with Crippen LogP contribution in [0.3, 0.4) is 0 Å². The zero-order valence-electron chi connectivity index (χ0n) is 7.46. The van der Waals surface area contributed by atoms with Gasteiger partial charge in [0.2, 0.25) is 0 Å². The smallest absolute Gasteiger partial charge is 0.0997 e. The molecule has 1 heteroatoms. The lowest BCUT2D eigenvalue weighted by Gasteiger charge is -2.08. The van der Waals surface area contributed by atoms with Crippen molar-refractivity contribution in [2.75, 3.05) is 0 Å². The van der Waals surface area contributed by atoms with Crippen molar-refractivity contribution in [3.63, 3.8) is 0 Å². The largest absolute Gasteiger partial charge is 0.192 e. The van der Waals surface area contributed by atoms with Gasteiger partial charge in [-0.1, -0.05) is 25.1 Å². The summed E-state index contributed by atoms with van der Waals surface area (Å²) in [4.78, 5) is 0. The third kappa shape index (κ3) is 1.48. The number of rotatable bonds is 1. The van der Waals surface area contributed by atoms with Gasteiger partial charge in [-0.05, 0) is 30.9 Å². The van der Waals surface area contributed by atoms with Crippen LogP contribution in [0.5, 0.6) is 0 Å². The minimum atomic E-state index is 0.180. The fourth-order valence-electron chi connectivity index (χ4n) is 1.25. The van der Waals surface area contributed by atoms with Crippen molar-refractivity contribution >= 4 is 0 Å². The van der Waals surface area contributed by atoms with Crippen LogP contribution in [0, 0.1) is 25.2 Å². The Balaban J connectivity index is 3.30. The maximum Gasteiger partial charge on any atom is 0.0997 e. The summed E-state index contributed by atoms with van der Waals surface area (Å²) in [6.45, 7) is 7.85. The SMILES string of the molecule is [CH2]C(C)c1cccc(C)c1C#N. The molecule has 0 saturated carbocycles. The molecule has 0 amide bonds. The van der Waals surface area contributed by atoms with Crippen LogP contribution in [0.2, 0.25) is 0 Å². The molecule has 1 unspecified atom stereocenters. The normalized spacial score (nSPS) is 9.92. The van der Waals surface area contributed by atoms with Crippen LogP contribution in [0.1, 0.15) is 29.5 Å². The fraction of sp³-hybridized carbons (Fsp3) is 0.273. The molecule has 0 aliphatic heterocycles. The van der Waals surface area contributed by atoms with Gasteiger partial charge in [-0.2, -0.15) is 5.26 Å². The number of nitrogens with zero attached hydrogens (tertiary/aromatic N) is 1. The van der Waals surface area contributed by atoms with Gasteiger partial charge in [0.1, 0.15) is 0 Å². The lowest BCUT2D eigenvalue weighted by Crippen LogP contribution is -1.94. The molecule has 1 rings (SSSR count). The van der Waals surface area contributed by atoms with Crippen molar-refractivity contribution in [3.05, 3.63) is 41.8 Å². The van der Waals surface area contributed by atoms with E-state index in [4.69, 9.17) is 5.26 Å². The molecule has 1 atom stereocenters. The molecule has 1 aromatic rings. The van der Waals surface area contributed by atoms with E-state index in [0.29, 0.717) is 0 Å². The molecule has 0 aliphatic rings. The summed E-state index contributed by atoms with van der Waals surface area (Å²) in [5.41, 5.74) is 2.85. The van der Waals surface area contributed by atoms with E-state index in [1.54, 1.807) is 0 Å².